The molecule has 1 atom stereocenters. The van der Waals surface area contributed by atoms with Gasteiger partial charge < -0.3 is 15.5 Å². The van der Waals surface area contributed by atoms with Gasteiger partial charge in [0.1, 0.15) is 22.7 Å². The van der Waals surface area contributed by atoms with Crippen molar-refractivity contribution in [3.05, 3.63) is 41.5 Å². The highest BCUT2D eigenvalue weighted by molar-refractivity contribution is 7.18. The number of anilines is 3. The van der Waals surface area contributed by atoms with Gasteiger partial charge in [-0.3, -0.25) is 9.63 Å². The van der Waals surface area contributed by atoms with Gasteiger partial charge in [-0.1, -0.05) is 32.4 Å². The molecule has 0 aliphatic carbocycles. The van der Waals surface area contributed by atoms with Crippen molar-refractivity contribution in [2.45, 2.75) is 52.0 Å². The van der Waals surface area contributed by atoms with Crippen LogP contribution in [-0.4, -0.2) is 53.1 Å². The minimum atomic E-state index is 0.147. The predicted octanol–water partition coefficient (Wildman–Crippen LogP) is 3.75. The summed E-state index contributed by atoms with van der Waals surface area (Å²) < 4.78 is 0. The summed E-state index contributed by atoms with van der Waals surface area (Å²) in [5.74, 6) is 7.09. The highest BCUT2D eigenvalue weighted by Gasteiger charge is 2.31. The maximum absolute atomic E-state index is 13.0. The minimum Gasteiger partial charge on any atom is -0.397 e. The molecule has 3 aromatic rings. The number of hydrogen-bond donors (Lipinski definition) is 2. The van der Waals surface area contributed by atoms with Crippen molar-refractivity contribution >= 4 is 44.7 Å². The first kappa shape index (κ1) is 25.2. The number of hydrazine groups is 1. The molecule has 4 rings (SSSR count). The number of nitrogen functional groups attached to an aromatic ring is 1. The first-order valence-corrected chi connectivity index (χ1v) is 13.1. The molecule has 188 valence electrons. The number of nitrogens with zero attached hydrogens (tertiary/aromatic N) is 5. The number of para-hydroxylation sites is 2. The third-order valence-corrected chi connectivity index (χ3v) is 7.56. The van der Waals surface area contributed by atoms with Gasteiger partial charge in [0.15, 0.2) is 0 Å². The second kappa shape index (κ2) is 11.7. The Kier molecular flexibility index (Phi) is 8.37. The van der Waals surface area contributed by atoms with E-state index in [2.05, 4.69) is 34.8 Å². The van der Waals surface area contributed by atoms with Crippen molar-refractivity contribution in [1.82, 2.24) is 14.9 Å². The van der Waals surface area contributed by atoms with E-state index >= 15 is 0 Å². The first-order chi connectivity index (χ1) is 17.0. The molecule has 2 aromatic heterocycles. The normalized spacial score (nSPS) is 16.1. The van der Waals surface area contributed by atoms with E-state index in [-0.39, 0.29) is 11.9 Å². The van der Waals surface area contributed by atoms with Crippen molar-refractivity contribution in [3.8, 4) is 0 Å². The molecule has 1 aromatic carbocycles. The predicted molar refractivity (Wildman–Crippen MR) is 142 cm³/mol. The number of carbonyl (C=O) groups is 1. The minimum absolute atomic E-state index is 0.147. The van der Waals surface area contributed by atoms with Gasteiger partial charge in [0.2, 0.25) is 5.91 Å². The molecule has 1 amide bonds. The molecular formula is C25H35N7O2S. The van der Waals surface area contributed by atoms with Crippen LogP contribution in [0, 0.1) is 0 Å². The highest BCUT2D eigenvalue weighted by atomic mass is 32.1. The summed E-state index contributed by atoms with van der Waals surface area (Å²) in [6, 6.07) is 9.70. The van der Waals surface area contributed by atoms with E-state index in [9.17, 15) is 4.79 Å². The van der Waals surface area contributed by atoms with Crippen LogP contribution in [-0.2, 0) is 16.1 Å². The summed E-state index contributed by atoms with van der Waals surface area (Å²) in [5.41, 5.74) is 7.07. The summed E-state index contributed by atoms with van der Waals surface area (Å²) in [6.07, 6.45) is 5.70. The smallest absolute Gasteiger partial charge is 0.222 e. The molecule has 1 unspecified atom stereocenters. The average molecular weight is 498 g/mol. The molecule has 4 N–H and O–H groups in total. The Morgan fingerprint density at radius 2 is 2.09 bits per heavy atom. The second-order valence-corrected chi connectivity index (χ2v) is 9.89. The molecule has 3 heterocycles. The summed E-state index contributed by atoms with van der Waals surface area (Å²) in [5, 5.41) is 2.30. The monoisotopic (exact) mass is 497 g/mol. The van der Waals surface area contributed by atoms with Gasteiger partial charge in [0.05, 0.1) is 17.7 Å². The molecule has 1 aliphatic rings. The summed E-state index contributed by atoms with van der Waals surface area (Å²) in [4.78, 5) is 34.4. The van der Waals surface area contributed by atoms with Gasteiger partial charge in [0.25, 0.3) is 0 Å². The Bertz CT molecular complexity index is 1140. The summed E-state index contributed by atoms with van der Waals surface area (Å²) in [7, 11) is 0. The summed E-state index contributed by atoms with van der Waals surface area (Å²) in [6.45, 7) is 6.83. The average Bonchev–Trinajstić information content (AvgIpc) is 3.30. The second-order valence-electron chi connectivity index (χ2n) is 8.78. The number of piperazine rings is 1. The number of thiophene rings is 1. The Balaban J connectivity index is 1.33. The topological polar surface area (TPSA) is 114 Å². The van der Waals surface area contributed by atoms with Crippen LogP contribution in [0.1, 0.15) is 44.4 Å². The number of aromatic nitrogens is 2. The highest BCUT2D eigenvalue weighted by Crippen LogP contribution is 2.33. The molecular weight excluding hydrogens is 462 g/mol. The fourth-order valence-corrected chi connectivity index (χ4v) is 5.47. The largest absolute Gasteiger partial charge is 0.397 e. The molecule has 1 aliphatic heterocycles. The van der Waals surface area contributed by atoms with Gasteiger partial charge in [-0.25, -0.2) is 15.8 Å². The molecule has 0 saturated carbocycles. The number of hydrogen-bond acceptors (Lipinski definition) is 9. The Morgan fingerprint density at radius 3 is 2.86 bits per heavy atom. The maximum atomic E-state index is 13.0. The molecule has 1 fully saturated rings. The van der Waals surface area contributed by atoms with Gasteiger partial charge in [-0.05, 0) is 37.5 Å². The van der Waals surface area contributed by atoms with Crippen LogP contribution in [0.5, 0.6) is 0 Å². The quantitative estimate of drug-likeness (QED) is 0.188. The Labute approximate surface area is 210 Å². The Hall–Kier alpha value is -2.95. The zero-order valence-electron chi connectivity index (χ0n) is 20.5. The van der Waals surface area contributed by atoms with E-state index in [0.29, 0.717) is 43.9 Å². The SMILES string of the molecule is CCCC1CN(C(=O)CCCON(N)c2ccccc2N)CCN1c1ncnc2sc(CC)cc12. The van der Waals surface area contributed by atoms with Crippen molar-refractivity contribution in [2.75, 3.05) is 42.0 Å². The third kappa shape index (κ3) is 5.83. The first-order valence-electron chi connectivity index (χ1n) is 12.3. The number of carbonyl (C=O) groups excluding carboxylic acids is 1. The van der Waals surface area contributed by atoms with Crippen LogP contribution in [0.15, 0.2) is 36.7 Å². The van der Waals surface area contributed by atoms with Crippen molar-refractivity contribution in [1.29, 1.82) is 0 Å². The van der Waals surface area contributed by atoms with Gasteiger partial charge in [-0.2, -0.15) is 5.17 Å². The lowest BCUT2D eigenvalue weighted by molar-refractivity contribution is -0.132. The zero-order chi connectivity index (χ0) is 24.8. The van der Waals surface area contributed by atoms with Crippen molar-refractivity contribution in [2.24, 2.45) is 5.84 Å². The van der Waals surface area contributed by atoms with E-state index in [4.69, 9.17) is 16.4 Å². The van der Waals surface area contributed by atoms with Crippen LogP contribution in [0.25, 0.3) is 10.2 Å². The van der Waals surface area contributed by atoms with E-state index in [1.165, 1.54) is 10.0 Å². The molecule has 0 bridgehead atoms. The van der Waals surface area contributed by atoms with Crippen LogP contribution in [0.3, 0.4) is 0 Å². The van der Waals surface area contributed by atoms with Crippen LogP contribution in [0.2, 0.25) is 0 Å². The van der Waals surface area contributed by atoms with Crippen molar-refractivity contribution < 1.29 is 9.63 Å². The molecule has 10 heteroatoms. The number of nitrogens with two attached hydrogens (primary N) is 2. The van der Waals surface area contributed by atoms with Crippen LogP contribution < -0.4 is 21.6 Å². The van der Waals surface area contributed by atoms with Gasteiger partial charge in [-0.15, -0.1) is 11.3 Å². The van der Waals surface area contributed by atoms with E-state index in [1.807, 2.05) is 17.0 Å². The molecule has 1 saturated heterocycles. The van der Waals surface area contributed by atoms with E-state index in [1.54, 1.807) is 29.8 Å². The molecule has 0 spiro atoms. The fraction of sp³-hybridized carbons (Fsp3) is 0.480. The maximum Gasteiger partial charge on any atom is 0.222 e. The van der Waals surface area contributed by atoms with Gasteiger partial charge >= 0.3 is 0 Å². The number of aryl methyl sites for hydroxylation is 1. The van der Waals surface area contributed by atoms with Crippen LogP contribution >= 0.6 is 11.3 Å². The number of rotatable bonds is 10. The lowest BCUT2D eigenvalue weighted by atomic mass is 10.1. The standard InChI is InChI=1S/C25H35N7O2S/c1-3-8-18-16-30(23(33)11-7-14-34-32(27)22-10-6-5-9-21(22)26)12-13-31(18)24-20-15-19(4-2)35-25(20)29-17-28-24/h5-6,9-10,15,17-18H,3-4,7-8,11-14,16,26-27H2,1-2H3. The van der Waals surface area contributed by atoms with E-state index < -0.39 is 0 Å². The molecule has 9 nitrogen and oxygen atoms in total. The number of benzene rings is 1. The number of fused-ring (bicyclic) bond motifs is 1. The van der Waals surface area contributed by atoms with Crippen LogP contribution in [0.4, 0.5) is 17.2 Å². The number of amides is 1. The molecule has 35 heavy (non-hydrogen) atoms. The van der Waals surface area contributed by atoms with Gasteiger partial charge in [0, 0.05) is 37.0 Å². The van der Waals surface area contributed by atoms with E-state index in [0.717, 1.165) is 41.8 Å². The third-order valence-electron chi connectivity index (χ3n) is 6.38. The van der Waals surface area contributed by atoms with Crippen molar-refractivity contribution in [3.63, 3.8) is 0 Å². The fourth-order valence-electron chi connectivity index (χ4n) is 4.54. The lowest BCUT2D eigenvalue weighted by Crippen LogP contribution is -2.55. The zero-order valence-corrected chi connectivity index (χ0v) is 21.3. The lowest BCUT2D eigenvalue weighted by Gasteiger charge is -2.42. The summed E-state index contributed by atoms with van der Waals surface area (Å²) >= 11 is 1.73. The molecule has 0 radical (unpaired) electrons. The Morgan fingerprint density at radius 1 is 1.26 bits per heavy atom.